The fourth-order valence-electron chi connectivity index (χ4n) is 1.26. The summed E-state index contributed by atoms with van der Waals surface area (Å²) in [6, 6.07) is 0. The maximum atomic E-state index is 9.70. The van der Waals surface area contributed by atoms with Crippen LogP contribution < -0.4 is 0 Å². The first-order valence-corrected chi connectivity index (χ1v) is 7.07. The van der Waals surface area contributed by atoms with Crippen LogP contribution in [-0.2, 0) is 6.42 Å². The number of aliphatic hydroxyl groups excluding tert-OH is 1. The average molecular weight is 231 g/mol. The van der Waals surface area contributed by atoms with Crippen molar-refractivity contribution in [2.45, 2.75) is 32.3 Å². The fourth-order valence-corrected chi connectivity index (χ4v) is 2.56. The van der Waals surface area contributed by atoms with E-state index >= 15 is 0 Å². The van der Waals surface area contributed by atoms with Gasteiger partial charge in [-0.3, -0.25) is 0 Å². The third-order valence-electron chi connectivity index (χ3n) is 1.96. The number of rotatable bonds is 6. The van der Waals surface area contributed by atoms with Gasteiger partial charge in [-0.2, -0.15) is 11.8 Å². The molecule has 0 bridgehead atoms. The van der Waals surface area contributed by atoms with Gasteiger partial charge in [0, 0.05) is 17.5 Å². The summed E-state index contributed by atoms with van der Waals surface area (Å²) in [4.78, 5) is 4.33. The number of thiazole rings is 1. The molecule has 0 aliphatic carbocycles. The van der Waals surface area contributed by atoms with Crippen LogP contribution in [0.15, 0.2) is 5.38 Å². The summed E-state index contributed by atoms with van der Waals surface area (Å²) in [5.41, 5.74) is 1.06. The molecule has 1 aromatic rings. The SMILES string of the molecule is CSCCCC(O)Cc1nc(C)cs1. The fraction of sp³-hybridized carbons (Fsp3) is 0.700. The Bertz CT molecular complexity index is 262. The molecule has 1 atom stereocenters. The molecule has 0 radical (unpaired) electrons. The van der Waals surface area contributed by atoms with Crippen molar-refractivity contribution in [3.8, 4) is 0 Å². The van der Waals surface area contributed by atoms with Crippen LogP contribution in [0.3, 0.4) is 0 Å². The second-order valence-corrected chi connectivity index (χ2v) is 5.30. The molecule has 0 aromatic carbocycles. The second-order valence-electron chi connectivity index (χ2n) is 3.38. The van der Waals surface area contributed by atoms with Gasteiger partial charge in [0.1, 0.15) is 0 Å². The molecule has 14 heavy (non-hydrogen) atoms. The number of thioether (sulfide) groups is 1. The lowest BCUT2D eigenvalue weighted by Crippen LogP contribution is -2.10. The maximum absolute atomic E-state index is 9.70. The van der Waals surface area contributed by atoms with Crippen molar-refractivity contribution in [2.24, 2.45) is 0 Å². The topological polar surface area (TPSA) is 33.1 Å². The van der Waals surface area contributed by atoms with Crippen molar-refractivity contribution >= 4 is 23.1 Å². The van der Waals surface area contributed by atoms with Crippen LogP contribution in [0, 0.1) is 6.92 Å². The molecule has 1 N–H and O–H groups in total. The van der Waals surface area contributed by atoms with Gasteiger partial charge >= 0.3 is 0 Å². The number of aromatic nitrogens is 1. The van der Waals surface area contributed by atoms with Crippen LogP contribution >= 0.6 is 23.1 Å². The molecule has 0 saturated heterocycles. The summed E-state index contributed by atoms with van der Waals surface area (Å²) in [5.74, 6) is 1.13. The molecule has 80 valence electrons. The molecule has 0 aliphatic heterocycles. The van der Waals surface area contributed by atoms with Gasteiger partial charge in [-0.25, -0.2) is 4.98 Å². The zero-order valence-electron chi connectivity index (χ0n) is 8.69. The Balaban J connectivity index is 2.23. The van der Waals surface area contributed by atoms with E-state index in [2.05, 4.69) is 11.2 Å². The highest BCUT2D eigenvalue weighted by Gasteiger charge is 2.07. The van der Waals surface area contributed by atoms with Gasteiger partial charge in [0.05, 0.1) is 11.1 Å². The standard InChI is InChI=1S/C10H17NOS2/c1-8-7-14-10(11-8)6-9(12)4-3-5-13-2/h7,9,12H,3-6H2,1-2H3. The number of aliphatic hydroxyl groups is 1. The van der Waals surface area contributed by atoms with Crippen LogP contribution in [0.5, 0.6) is 0 Å². The smallest absolute Gasteiger partial charge is 0.0953 e. The highest BCUT2D eigenvalue weighted by Crippen LogP contribution is 2.13. The first-order chi connectivity index (χ1) is 6.72. The van der Waals surface area contributed by atoms with Crippen molar-refractivity contribution in [2.75, 3.05) is 12.0 Å². The number of hydrogen-bond donors (Lipinski definition) is 1. The first kappa shape index (κ1) is 12.0. The zero-order chi connectivity index (χ0) is 10.4. The molecule has 0 spiro atoms. The Morgan fingerprint density at radius 1 is 1.64 bits per heavy atom. The van der Waals surface area contributed by atoms with E-state index in [0.29, 0.717) is 6.42 Å². The van der Waals surface area contributed by atoms with E-state index in [1.807, 2.05) is 24.1 Å². The first-order valence-electron chi connectivity index (χ1n) is 4.80. The molecule has 0 aliphatic rings. The quantitative estimate of drug-likeness (QED) is 0.764. The van der Waals surface area contributed by atoms with Crippen LogP contribution in [0.4, 0.5) is 0 Å². The number of aryl methyl sites for hydroxylation is 1. The summed E-state index contributed by atoms with van der Waals surface area (Å²) >= 11 is 3.47. The minimum atomic E-state index is -0.215. The summed E-state index contributed by atoms with van der Waals surface area (Å²) in [7, 11) is 0. The highest BCUT2D eigenvalue weighted by atomic mass is 32.2. The zero-order valence-corrected chi connectivity index (χ0v) is 10.3. The summed E-state index contributed by atoms with van der Waals surface area (Å²) < 4.78 is 0. The lowest BCUT2D eigenvalue weighted by molar-refractivity contribution is 0.164. The largest absolute Gasteiger partial charge is 0.393 e. The van der Waals surface area contributed by atoms with Gasteiger partial charge in [0.25, 0.3) is 0 Å². The Morgan fingerprint density at radius 3 is 3.00 bits per heavy atom. The summed E-state index contributed by atoms with van der Waals surface area (Å²) in [6.07, 6.45) is 4.57. The molecular formula is C10H17NOS2. The van der Waals surface area contributed by atoms with E-state index in [1.54, 1.807) is 11.3 Å². The molecule has 0 saturated carbocycles. The van der Waals surface area contributed by atoms with E-state index < -0.39 is 0 Å². The van der Waals surface area contributed by atoms with E-state index in [-0.39, 0.29) is 6.10 Å². The van der Waals surface area contributed by atoms with Crippen molar-refractivity contribution in [3.05, 3.63) is 16.1 Å². The van der Waals surface area contributed by atoms with Crippen molar-refractivity contribution in [1.29, 1.82) is 0 Å². The number of nitrogens with zero attached hydrogens (tertiary/aromatic N) is 1. The second kappa shape index (κ2) is 6.43. The normalized spacial score (nSPS) is 13.1. The molecule has 2 nitrogen and oxygen atoms in total. The third-order valence-corrected chi connectivity index (χ3v) is 3.65. The minimum Gasteiger partial charge on any atom is -0.393 e. The monoisotopic (exact) mass is 231 g/mol. The number of hydrogen-bond acceptors (Lipinski definition) is 4. The van der Waals surface area contributed by atoms with Crippen molar-refractivity contribution in [1.82, 2.24) is 4.98 Å². The Hall–Kier alpha value is -0.0600. The van der Waals surface area contributed by atoms with Crippen LogP contribution in [0.2, 0.25) is 0 Å². The molecule has 1 rings (SSSR count). The highest BCUT2D eigenvalue weighted by molar-refractivity contribution is 7.98. The van der Waals surface area contributed by atoms with E-state index in [9.17, 15) is 5.11 Å². The Labute approximate surface area is 93.8 Å². The van der Waals surface area contributed by atoms with E-state index in [0.717, 1.165) is 29.3 Å². The van der Waals surface area contributed by atoms with Gasteiger partial charge in [-0.05, 0) is 31.8 Å². The Kier molecular flexibility index (Phi) is 5.52. The predicted octanol–water partition coefficient (Wildman–Crippen LogP) is 2.50. The average Bonchev–Trinajstić information content (AvgIpc) is 2.52. The van der Waals surface area contributed by atoms with Gasteiger partial charge in [0.15, 0.2) is 0 Å². The van der Waals surface area contributed by atoms with E-state index in [4.69, 9.17) is 0 Å². The minimum absolute atomic E-state index is 0.215. The molecule has 0 fully saturated rings. The maximum Gasteiger partial charge on any atom is 0.0953 e. The molecule has 1 aromatic heterocycles. The van der Waals surface area contributed by atoms with Crippen molar-refractivity contribution < 1.29 is 5.11 Å². The van der Waals surface area contributed by atoms with Gasteiger partial charge in [0.2, 0.25) is 0 Å². The third kappa shape index (κ3) is 4.44. The van der Waals surface area contributed by atoms with Gasteiger partial charge < -0.3 is 5.11 Å². The summed E-state index contributed by atoms with van der Waals surface area (Å²) in [6.45, 7) is 1.99. The lowest BCUT2D eigenvalue weighted by atomic mass is 10.1. The van der Waals surface area contributed by atoms with Crippen LogP contribution in [0.25, 0.3) is 0 Å². The van der Waals surface area contributed by atoms with E-state index in [1.165, 1.54) is 0 Å². The Morgan fingerprint density at radius 2 is 2.43 bits per heavy atom. The molecular weight excluding hydrogens is 214 g/mol. The van der Waals surface area contributed by atoms with Crippen LogP contribution in [-0.4, -0.2) is 28.2 Å². The lowest BCUT2D eigenvalue weighted by Gasteiger charge is -2.07. The summed E-state index contributed by atoms with van der Waals surface area (Å²) in [5, 5.41) is 12.8. The molecule has 1 heterocycles. The predicted molar refractivity (Wildman–Crippen MR) is 64.2 cm³/mol. The molecule has 1 unspecified atom stereocenters. The van der Waals surface area contributed by atoms with Gasteiger partial charge in [-0.1, -0.05) is 0 Å². The molecule has 4 heteroatoms. The van der Waals surface area contributed by atoms with Crippen LogP contribution in [0.1, 0.15) is 23.5 Å². The van der Waals surface area contributed by atoms with Gasteiger partial charge in [-0.15, -0.1) is 11.3 Å². The van der Waals surface area contributed by atoms with Crippen molar-refractivity contribution in [3.63, 3.8) is 0 Å². The molecule has 0 amide bonds.